The summed E-state index contributed by atoms with van der Waals surface area (Å²) in [6, 6.07) is 19.5. The highest BCUT2D eigenvalue weighted by atomic mass is 32.1. The van der Waals surface area contributed by atoms with Crippen LogP contribution in [0.5, 0.6) is 0 Å². The Labute approximate surface area is 162 Å². The summed E-state index contributed by atoms with van der Waals surface area (Å²) >= 11 is 1.40. The van der Waals surface area contributed by atoms with Crippen LogP contribution < -0.4 is 5.32 Å². The van der Waals surface area contributed by atoms with Crippen molar-refractivity contribution >= 4 is 28.2 Å². The first kappa shape index (κ1) is 18.9. The van der Waals surface area contributed by atoms with Crippen molar-refractivity contribution in [2.45, 2.75) is 19.8 Å². The molecule has 0 atom stereocenters. The number of esters is 1. The third-order valence-corrected chi connectivity index (χ3v) is 5.29. The van der Waals surface area contributed by atoms with E-state index in [9.17, 15) is 9.59 Å². The van der Waals surface area contributed by atoms with Crippen LogP contribution in [0.2, 0.25) is 0 Å². The SMILES string of the molecule is COC(=O)c1c(NC(=O)CCc2ccccc2)sc(C)c1-c1ccccc1. The van der Waals surface area contributed by atoms with Gasteiger partial charge in [0.15, 0.2) is 0 Å². The Hall–Kier alpha value is -2.92. The number of nitrogens with one attached hydrogen (secondary N) is 1. The van der Waals surface area contributed by atoms with Crippen molar-refractivity contribution in [2.24, 2.45) is 0 Å². The molecule has 0 aliphatic heterocycles. The highest BCUT2D eigenvalue weighted by molar-refractivity contribution is 7.17. The average Bonchev–Trinajstić information content (AvgIpc) is 3.02. The van der Waals surface area contributed by atoms with Gasteiger partial charge >= 0.3 is 5.97 Å². The highest BCUT2D eigenvalue weighted by Gasteiger charge is 2.24. The van der Waals surface area contributed by atoms with E-state index < -0.39 is 5.97 Å². The predicted octanol–water partition coefficient (Wildman–Crippen LogP) is 5.08. The number of ether oxygens (including phenoxy) is 1. The number of thiophene rings is 1. The lowest BCUT2D eigenvalue weighted by Crippen LogP contribution is -2.14. The molecule has 3 aromatic rings. The summed E-state index contributed by atoms with van der Waals surface area (Å²) in [4.78, 5) is 25.8. The van der Waals surface area contributed by atoms with Crippen LogP contribution in [0.3, 0.4) is 0 Å². The van der Waals surface area contributed by atoms with Gasteiger partial charge in [-0.05, 0) is 24.5 Å². The molecule has 1 N–H and O–H groups in total. The Morgan fingerprint density at radius 2 is 1.63 bits per heavy atom. The predicted molar refractivity (Wildman–Crippen MR) is 109 cm³/mol. The molecule has 4 nitrogen and oxygen atoms in total. The molecule has 0 saturated carbocycles. The number of carbonyl (C=O) groups is 2. The number of hydrogen-bond acceptors (Lipinski definition) is 4. The molecule has 138 valence electrons. The number of benzene rings is 2. The van der Waals surface area contributed by atoms with E-state index in [0.29, 0.717) is 23.4 Å². The number of aryl methyl sites for hydroxylation is 2. The fourth-order valence-corrected chi connectivity index (χ4v) is 4.05. The summed E-state index contributed by atoms with van der Waals surface area (Å²) in [5, 5.41) is 3.44. The molecule has 0 spiro atoms. The molecule has 1 amide bonds. The summed E-state index contributed by atoms with van der Waals surface area (Å²) in [5.41, 5.74) is 3.26. The standard InChI is InChI=1S/C22H21NO3S/c1-15-19(17-11-7-4-8-12-17)20(22(25)26-2)21(27-15)23-18(24)14-13-16-9-5-3-6-10-16/h3-12H,13-14H2,1-2H3,(H,23,24). The molecule has 1 aromatic heterocycles. The summed E-state index contributed by atoms with van der Waals surface area (Å²) in [7, 11) is 1.35. The lowest BCUT2D eigenvalue weighted by Gasteiger charge is -2.08. The minimum Gasteiger partial charge on any atom is -0.465 e. The van der Waals surface area contributed by atoms with E-state index in [0.717, 1.165) is 21.6 Å². The van der Waals surface area contributed by atoms with Gasteiger partial charge in [-0.25, -0.2) is 4.79 Å². The van der Waals surface area contributed by atoms with Crippen LogP contribution in [0.15, 0.2) is 60.7 Å². The molecule has 0 fully saturated rings. The van der Waals surface area contributed by atoms with Crippen molar-refractivity contribution in [3.8, 4) is 11.1 Å². The smallest absolute Gasteiger partial charge is 0.341 e. The maximum Gasteiger partial charge on any atom is 0.341 e. The van der Waals surface area contributed by atoms with Gasteiger partial charge in [-0.15, -0.1) is 11.3 Å². The molecule has 0 radical (unpaired) electrons. The third kappa shape index (κ3) is 4.44. The van der Waals surface area contributed by atoms with Gasteiger partial charge in [-0.3, -0.25) is 4.79 Å². The minimum absolute atomic E-state index is 0.120. The van der Waals surface area contributed by atoms with Crippen molar-refractivity contribution in [1.29, 1.82) is 0 Å². The van der Waals surface area contributed by atoms with Gasteiger partial charge in [0.1, 0.15) is 10.6 Å². The number of anilines is 1. The van der Waals surface area contributed by atoms with Crippen LogP contribution in [0.1, 0.15) is 27.2 Å². The van der Waals surface area contributed by atoms with Crippen molar-refractivity contribution in [3.05, 3.63) is 76.7 Å². The van der Waals surface area contributed by atoms with Crippen LogP contribution in [0.25, 0.3) is 11.1 Å². The zero-order valence-electron chi connectivity index (χ0n) is 15.3. The third-order valence-electron chi connectivity index (χ3n) is 4.27. The maximum atomic E-state index is 12.4. The Kier molecular flexibility index (Phi) is 6.04. The number of amides is 1. The van der Waals surface area contributed by atoms with Crippen LogP contribution in [0.4, 0.5) is 5.00 Å². The van der Waals surface area contributed by atoms with Crippen LogP contribution in [0, 0.1) is 6.92 Å². The largest absolute Gasteiger partial charge is 0.465 e. The second-order valence-corrected chi connectivity index (χ2v) is 7.35. The van der Waals surface area contributed by atoms with Gasteiger partial charge < -0.3 is 10.1 Å². The molecule has 3 rings (SSSR count). The van der Waals surface area contributed by atoms with Crippen LogP contribution in [-0.4, -0.2) is 19.0 Å². The first-order valence-electron chi connectivity index (χ1n) is 8.71. The van der Waals surface area contributed by atoms with E-state index in [4.69, 9.17) is 4.74 Å². The number of carbonyl (C=O) groups excluding carboxylic acids is 2. The second kappa shape index (κ2) is 8.64. The van der Waals surface area contributed by atoms with E-state index in [-0.39, 0.29) is 5.91 Å². The Bertz CT molecular complexity index is 933. The monoisotopic (exact) mass is 379 g/mol. The summed E-state index contributed by atoms with van der Waals surface area (Å²) in [5.74, 6) is -0.568. The van der Waals surface area contributed by atoms with Gasteiger partial charge in [0.25, 0.3) is 0 Å². The Morgan fingerprint density at radius 3 is 2.26 bits per heavy atom. The lowest BCUT2D eigenvalue weighted by molar-refractivity contribution is -0.116. The summed E-state index contributed by atoms with van der Waals surface area (Å²) in [6.07, 6.45) is 0.998. The highest BCUT2D eigenvalue weighted by Crippen LogP contribution is 2.40. The van der Waals surface area contributed by atoms with Gasteiger partial charge in [0.05, 0.1) is 7.11 Å². The molecule has 0 saturated heterocycles. The fraction of sp³-hybridized carbons (Fsp3) is 0.182. The fourth-order valence-electron chi connectivity index (χ4n) is 2.97. The molecule has 0 aliphatic carbocycles. The zero-order chi connectivity index (χ0) is 19.2. The molecule has 0 aliphatic rings. The molecule has 27 heavy (non-hydrogen) atoms. The number of methoxy groups -OCH3 is 1. The second-order valence-electron chi connectivity index (χ2n) is 6.13. The average molecular weight is 379 g/mol. The van der Waals surface area contributed by atoms with Gasteiger partial charge in [-0.1, -0.05) is 60.7 Å². The quantitative estimate of drug-likeness (QED) is 0.608. The van der Waals surface area contributed by atoms with Crippen LogP contribution in [-0.2, 0) is 16.0 Å². The Balaban J connectivity index is 1.84. The first-order valence-corrected chi connectivity index (χ1v) is 9.52. The molecule has 2 aromatic carbocycles. The topological polar surface area (TPSA) is 55.4 Å². The van der Waals surface area contributed by atoms with Gasteiger partial charge in [0.2, 0.25) is 5.91 Å². The van der Waals surface area contributed by atoms with Gasteiger partial charge in [0, 0.05) is 16.9 Å². The van der Waals surface area contributed by atoms with E-state index in [2.05, 4.69) is 5.32 Å². The normalized spacial score (nSPS) is 10.4. The molecule has 0 bridgehead atoms. The minimum atomic E-state index is -0.448. The molecule has 5 heteroatoms. The molecular weight excluding hydrogens is 358 g/mol. The van der Waals surface area contributed by atoms with Crippen molar-refractivity contribution < 1.29 is 14.3 Å². The van der Waals surface area contributed by atoms with Gasteiger partial charge in [-0.2, -0.15) is 0 Å². The maximum absolute atomic E-state index is 12.4. The molecule has 1 heterocycles. The lowest BCUT2D eigenvalue weighted by atomic mass is 10.0. The van der Waals surface area contributed by atoms with Crippen molar-refractivity contribution in [1.82, 2.24) is 0 Å². The first-order chi connectivity index (χ1) is 13.1. The number of hydrogen-bond donors (Lipinski definition) is 1. The van der Waals surface area contributed by atoms with Crippen molar-refractivity contribution in [2.75, 3.05) is 12.4 Å². The Morgan fingerprint density at radius 1 is 1.00 bits per heavy atom. The number of rotatable bonds is 6. The molecular formula is C22H21NO3S. The van der Waals surface area contributed by atoms with Crippen LogP contribution >= 0.6 is 11.3 Å². The van der Waals surface area contributed by atoms with E-state index in [1.165, 1.54) is 18.4 Å². The van der Waals surface area contributed by atoms with E-state index >= 15 is 0 Å². The summed E-state index contributed by atoms with van der Waals surface area (Å²) < 4.78 is 4.98. The molecule has 0 unspecified atom stereocenters. The zero-order valence-corrected chi connectivity index (χ0v) is 16.1. The van der Waals surface area contributed by atoms with Crippen molar-refractivity contribution in [3.63, 3.8) is 0 Å². The van der Waals surface area contributed by atoms with E-state index in [1.807, 2.05) is 67.6 Å². The van der Waals surface area contributed by atoms with E-state index in [1.54, 1.807) is 0 Å². The summed E-state index contributed by atoms with van der Waals surface area (Å²) in [6.45, 7) is 1.94.